The summed E-state index contributed by atoms with van der Waals surface area (Å²) in [6.45, 7) is 7.72. The van der Waals surface area contributed by atoms with Crippen LogP contribution in [0.2, 0.25) is 0 Å². The van der Waals surface area contributed by atoms with E-state index in [4.69, 9.17) is 4.74 Å². The van der Waals surface area contributed by atoms with Crippen molar-refractivity contribution in [3.63, 3.8) is 0 Å². The summed E-state index contributed by atoms with van der Waals surface area (Å²) in [6.07, 6.45) is -0.335. The fourth-order valence-electron chi connectivity index (χ4n) is 2.20. The molecule has 0 spiro atoms. The van der Waals surface area contributed by atoms with E-state index in [2.05, 4.69) is 10.5 Å². The van der Waals surface area contributed by atoms with E-state index in [1.807, 2.05) is 45.0 Å². The topological polar surface area (TPSA) is 71.0 Å². The van der Waals surface area contributed by atoms with E-state index < -0.39 is 5.60 Å². The van der Waals surface area contributed by atoms with E-state index in [-0.39, 0.29) is 12.0 Å². The summed E-state index contributed by atoms with van der Waals surface area (Å²) in [5, 5.41) is 4.86. The lowest BCUT2D eigenvalue weighted by Crippen LogP contribution is -2.28. The number of hydrazone groups is 1. The summed E-state index contributed by atoms with van der Waals surface area (Å²) in [7, 11) is 0. The molecule has 124 valence electrons. The van der Waals surface area contributed by atoms with Crippen LogP contribution in [0, 0.1) is 0 Å². The molecule has 2 amide bonds. The predicted molar refractivity (Wildman–Crippen MR) is 92.8 cm³/mol. The van der Waals surface area contributed by atoms with E-state index in [9.17, 15) is 9.59 Å². The van der Waals surface area contributed by atoms with Crippen molar-refractivity contribution in [2.75, 3.05) is 17.2 Å². The number of hydrogen-bond donors (Lipinski definition) is 1. The number of benzene rings is 1. The van der Waals surface area contributed by atoms with Crippen LogP contribution in [0.25, 0.3) is 0 Å². The van der Waals surface area contributed by atoms with Crippen molar-refractivity contribution in [1.29, 1.82) is 0 Å². The van der Waals surface area contributed by atoms with Crippen LogP contribution in [0.4, 0.5) is 10.5 Å². The van der Waals surface area contributed by atoms with E-state index in [0.717, 1.165) is 22.0 Å². The summed E-state index contributed by atoms with van der Waals surface area (Å²) in [4.78, 5) is 24.6. The summed E-state index contributed by atoms with van der Waals surface area (Å²) >= 11 is 1.54. The van der Waals surface area contributed by atoms with Crippen LogP contribution in [-0.2, 0) is 9.53 Å². The molecule has 0 aromatic heterocycles. The van der Waals surface area contributed by atoms with Crippen molar-refractivity contribution < 1.29 is 14.3 Å². The zero-order chi connectivity index (χ0) is 17.0. The summed E-state index contributed by atoms with van der Waals surface area (Å²) in [5.41, 5.74) is 3.65. The van der Waals surface area contributed by atoms with Gasteiger partial charge in [0, 0.05) is 18.2 Å². The van der Waals surface area contributed by atoms with Crippen LogP contribution < -0.4 is 10.3 Å². The van der Waals surface area contributed by atoms with Crippen molar-refractivity contribution in [2.45, 2.75) is 33.3 Å². The minimum absolute atomic E-state index is 0.210. The number of thioether (sulfide) groups is 1. The largest absolute Gasteiger partial charge is 0.441 e. The number of carbonyl (C=O) groups excluding carboxylic acids is 2. The molecule has 6 nitrogen and oxygen atoms in total. The Morgan fingerprint density at radius 2 is 2.04 bits per heavy atom. The Bertz CT molecular complexity index is 626. The van der Waals surface area contributed by atoms with Gasteiger partial charge in [-0.25, -0.2) is 10.2 Å². The van der Waals surface area contributed by atoms with Crippen LogP contribution in [0.1, 0.15) is 33.3 Å². The standard InChI is InChI=1S/C16H21N3O3S/c1-5-23-14(18-17-11(2)20)12-6-8-13(9-7-12)19-10-16(3,4)22-15(19)21/h6-9H,5,10H2,1-4H3,(H,17,20)/b18-14-. The van der Waals surface area contributed by atoms with Gasteiger partial charge in [-0.3, -0.25) is 9.69 Å². The highest BCUT2D eigenvalue weighted by molar-refractivity contribution is 8.14. The van der Waals surface area contributed by atoms with Gasteiger partial charge in [0.05, 0.1) is 6.54 Å². The van der Waals surface area contributed by atoms with E-state index in [1.165, 1.54) is 18.7 Å². The zero-order valence-electron chi connectivity index (χ0n) is 13.8. The maximum Gasteiger partial charge on any atom is 0.415 e. The summed E-state index contributed by atoms with van der Waals surface area (Å²) in [6, 6.07) is 7.49. The van der Waals surface area contributed by atoms with Crippen molar-refractivity contribution >= 4 is 34.5 Å². The molecule has 1 N–H and O–H groups in total. The van der Waals surface area contributed by atoms with Crippen molar-refractivity contribution in [3.8, 4) is 0 Å². The van der Waals surface area contributed by atoms with Gasteiger partial charge in [0.1, 0.15) is 10.6 Å². The molecule has 0 radical (unpaired) electrons. The third kappa shape index (κ3) is 4.48. The molecule has 0 unspecified atom stereocenters. The number of carbonyl (C=O) groups is 2. The lowest BCUT2D eigenvalue weighted by Gasteiger charge is -2.16. The second-order valence-corrected chi connectivity index (χ2v) is 7.03. The number of nitrogens with zero attached hydrogens (tertiary/aromatic N) is 2. The van der Waals surface area contributed by atoms with Crippen LogP contribution in [0.3, 0.4) is 0 Å². The summed E-state index contributed by atoms with van der Waals surface area (Å²) in [5.74, 6) is 0.630. The van der Waals surface area contributed by atoms with Gasteiger partial charge in [0.25, 0.3) is 0 Å². The van der Waals surface area contributed by atoms with Crippen LogP contribution in [-0.4, -0.2) is 34.9 Å². The maximum atomic E-state index is 11.9. The number of anilines is 1. The van der Waals surface area contributed by atoms with Crippen molar-refractivity contribution in [3.05, 3.63) is 29.8 Å². The fraction of sp³-hybridized carbons (Fsp3) is 0.438. The molecule has 1 aromatic carbocycles. The van der Waals surface area contributed by atoms with Gasteiger partial charge in [-0.15, -0.1) is 11.8 Å². The average molecular weight is 335 g/mol. The van der Waals surface area contributed by atoms with Gasteiger partial charge < -0.3 is 4.74 Å². The van der Waals surface area contributed by atoms with E-state index in [0.29, 0.717) is 6.54 Å². The van der Waals surface area contributed by atoms with Gasteiger partial charge in [0.2, 0.25) is 5.91 Å². The zero-order valence-corrected chi connectivity index (χ0v) is 14.6. The van der Waals surface area contributed by atoms with Crippen LogP contribution in [0.15, 0.2) is 29.4 Å². The summed E-state index contributed by atoms with van der Waals surface area (Å²) < 4.78 is 5.31. The first-order chi connectivity index (χ1) is 10.8. The molecule has 0 bridgehead atoms. The fourth-order valence-corrected chi connectivity index (χ4v) is 2.88. The number of nitrogens with one attached hydrogen (secondary N) is 1. The second-order valence-electron chi connectivity index (χ2n) is 5.78. The molecule has 1 heterocycles. The van der Waals surface area contributed by atoms with Crippen molar-refractivity contribution in [1.82, 2.24) is 5.43 Å². The van der Waals surface area contributed by atoms with Gasteiger partial charge in [-0.2, -0.15) is 5.10 Å². The number of amides is 2. The molecule has 1 fully saturated rings. The van der Waals surface area contributed by atoms with Crippen LogP contribution >= 0.6 is 11.8 Å². The SMILES string of the molecule is CCS/C(=N\NC(C)=O)c1ccc(N2CC(C)(C)OC2=O)cc1. The third-order valence-corrected chi connectivity index (χ3v) is 4.03. The van der Waals surface area contributed by atoms with Gasteiger partial charge in [-0.1, -0.05) is 19.1 Å². The predicted octanol–water partition coefficient (Wildman–Crippen LogP) is 2.97. The molecule has 2 rings (SSSR count). The Kier molecular flexibility index (Phi) is 5.30. The number of rotatable bonds is 4. The highest BCUT2D eigenvalue weighted by Crippen LogP contribution is 2.28. The Morgan fingerprint density at radius 3 is 2.52 bits per heavy atom. The van der Waals surface area contributed by atoms with E-state index >= 15 is 0 Å². The highest BCUT2D eigenvalue weighted by Gasteiger charge is 2.38. The third-order valence-electron chi connectivity index (χ3n) is 3.14. The molecule has 1 saturated heterocycles. The first kappa shape index (κ1) is 17.3. The molecule has 1 aliphatic heterocycles. The molecule has 1 aliphatic rings. The molecular weight excluding hydrogens is 314 g/mol. The average Bonchev–Trinajstić information content (AvgIpc) is 2.76. The van der Waals surface area contributed by atoms with Crippen molar-refractivity contribution in [2.24, 2.45) is 5.10 Å². The quantitative estimate of drug-likeness (QED) is 0.522. The monoisotopic (exact) mass is 335 g/mol. The molecule has 0 aliphatic carbocycles. The molecular formula is C16H21N3O3S. The molecule has 7 heteroatoms. The first-order valence-electron chi connectivity index (χ1n) is 7.40. The number of cyclic esters (lactones) is 1. The number of ether oxygens (including phenoxy) is 1. The Hall–Kier alpha value is -2.02. The lowest BCUT2D eigenvalue weighted by atomic mass is 10.1. The van der Waals surface area contributed by atoms with E-state index in [1.54, 1.807) is 4.90 Å². The minimum Gasteiger partial charge on any atom is -0.441 e. The normalized spacial score (nSPS) is 17.1. The molecule has 0 saturated carbocycles. The smallest absolute Gasteiger partial charge is 0.415 e. The van der Waals surface area contributed by atoms with Gasteiger partial charge in [0.15, 0.2) is 0 Å². The molecule has 0 atom stereocenters. The maximum absolute atomic E-state index is 11.9. The molecule has 1 aromatic rings. The van der Waals surface area contributed by atoms with Crippen LogP contribution in [0.5, 0.6) is 0 Å². The first-order valence-corrected chi connectivity index (χ1v) is 8.39. The number of hydrogen-bond acceptors (Lipinski definition) is 5. The molecule has 23 heavy (non-hydrogen) atoms. The Labute approximate surface area is 140 Å². The second kappa shape index (κ2) is 7.04. The Balaban J connectivity index is 2.19. The highest BCUT2D eigenvalue weighted by atomic mass is 32.2. The van der Waals surface area contributed by atoms with Gasteiger partial charge in [-0.05, 0) is 31.7 Å². The van der Waals surface area contributed by atoms with Gasteiger partial charge >= 0.3 is 6.09 Å². The Morgan fingerprint density at radius 1 is 1.39 bits per heavy atom. The minimum atomic E-state index is -0.480. The lowest BCUT2D eigenvalue weighted by molar-refractivity contribution is -0.118.